The molecule has 72 heavy (non-hydrogen) atoms. The number of fused-ring (bicyclic) bond motifs is 5. The number of pyridine rings is 1. The second-order valence-electron chi connectivity index (χ2n) is 18.0. The molecule has 0 unspecified atom stereocenters. The molecule has 11 aromatic rings. The van der Waals surface area contributed by atoms with E-state index in [0.29, 0.717) is 11.3 Å². The Kier molecular flexibility index (Phi) is 6.12. The quantitative estimate of drug-likeness (QED) is 0.112. The Morgan fingerprint density at radius 1 is 0.653 bits per heavy atom. The first-order valence-corrected chi connectivity index (χ1v) is 22.3. The maximum absolute atomic E-state index is 10.0. The summed E-state index contributed by atoms with van der Waals surface area (Å²) in [6, 6.07) is 21.8. The summed E-state index contributed by atoms with van der Waals surface area (Å²) in [5.41, 5.74) is -13.2. The van der Waals surface area contributed by atoms with Crippen molar-refractivity contribution in [1.29, 1.82) is 0 Å². The first-order chi connectivity index (χ1) is 46.3. The van der Waals surface area contributed by atoms with E-state index in [1.165, 1.54) is 57.7 Å². The first-order valence-electron chi connectivity index (χ1n) is 36.8. The Balaban J connectivity index is 0.0000103. The summed E-state index contributed by atoms with van der Waals surface area (Å²) in [5, 5.41) is 1.67. The van der Waals surface area contributed by atoms with Crippen LogP contribution in [0.1, 0.15) is 117 Å². The Labute approximate surface area is 478 Å². The van der Waals surface area contributed by atoms with Gasteiger partial charge < -0.3 is 13.9 Å². The van der Waals surface area contributed by atoms with Crippen molar-refractivity contribution in [2.45, 2.75) is 77.2 Å². The second kappa shape index (κ2) is 18.1. The van der Waals surface area contributed by atoms with Crippen molar-refractivity contribution in [1.82, 2.24) is 14.1 Å². The van der Waals surface area contributed by atoms with Gasteiger partial charge in [-0.2, -0.15) is 18.2 Å². The van der Waals surface area contributed by atoms with Crippen molar-refractivity contribution in [3.63, 3.8) is 0 Å². The molecule has 0 fully saturated rings. The number of imidazole rings is 1. The van der Waals surface area contributed by atoms with Crippen molar-refractivity contribution >= 4 is 32.8 Å². The first kappa shape index (κ1) is 24.4. The fraction of sp³-hybridized carbons (Fsp3) is 0.182. The zero-order valence-corrected chi connectivity index (χ0v) is 40.7. The molecule has 1 aliphatic rings. The van der Waals surface area contributed by atoms with Crippen LogP contribution in [0.5, 0.6) is 11.5 Å². The van der Waals surface area contributed by atoms with Gasteiger partial charge in [-0.15, -0.1) is 29.7 Å². The molecule has 0 spiro atoms. The van der Waals surface area contributed by atoms with Crippen molar-refractivity contribution in [3.8, 4) is 62.1 Å². The van der Waals surface area contributed by atoms with E-state index in [1.54, 1.807) is 12.3 Å². The van der Waals surface area contributed by atoms with Gasteiger partial charge in [-0.05, 0) is 114 Å². The van der Waals surface area contributed by atoms with Gasteiger partial charge in [-0.3, -0.25) is 4.57 Å². The third-order valence-electron chi connectivity index (χ3n) is 12.4. The molecule has 3 heterocycles. The smallest absolute Gasteiger partial charge is 0.268 e. The zero-order valence-electron chi connectivity index (χ0n) is 67.4. The third kappa shape index (κ3) is 8.28. The predicted molar refractivity (Wildman–Crippen MR) is 290 cm³/mol. The van der Waals surface area contributed by atoms with E-state index in [9.17, 15) is 15.1 Å². The molecule has 3 aromatic heterocycles. The van der Waals surface area contributed by atoms with Gasteiger partial charge >= 0.3 is 0 Å². The van der Waals surface area contributed by atoms with E-state index in [2.05, 4.69) is 39.2 Å². The number of hydrogen-bond donors (Lipinski definition) is 0. The van der Waals surface area contributed by atoms with Crippen LogP contribution in [0.4, 0.5) is 0 Å². The number of rotatable bonds is 8. The Hall–Kier alpha value is -7.33. The van der Waals surface area contributed by atoms with Crippen molar-refractivity contribution in [2.24, 2.45) is 0 Å². The molecule has 0 aliphatic heterocycles. The Bertz CT molecular complexity index is 5120. The Morgan fingerprint density at radius 2 is 1.35 bits per heavy atom. The minimum Gasteiger partial charge on any atom is -0.510 e. The number of para-hydroxylation sites is 2. The van der Waals surface area contributed by atoms with E-state index in [-0.39, 0.29) is 71.5 Å². The van der Waals surface area contributed by atoms with Gasteiger partial charge in [0.25, 0.3) is 6.33 Å². The van der Waals surface area contributed by atoms with Crippen molar-refractivity contribution in [2.75, 3.05) is 0 Å². The number of hydrogen-bond acceptors (Lipinski definition) is 2. The van der Waals surface area contributed by atoms with Crippen LogP contribution in [0.2, 0.25) is 0 Å². The average Bonchev–Trinajstić information content (AvgIpc) is 1.08. The maximum Gasteiger partial charge on any atom is 0.268 e. The topological polar surface area (TPSA) is 35.9 Å². The molecule has 0 N–H and O–H groups in total. The summed E-state index contributed by atoms with van der Waals surface area (Å²) < 4.78 is 273. The van der Waals surface area contributed by atoms with Crippen LogP contribution in [0, 0.1) is 18.5 Å². The van der Waals surface area contributed by atoms with Gasteiger partial charge in [0.2, 0.25) is 0 Å². The summed E-state index contributed by atoms with van der Waals surface area (Å²) in [7, 11) is 0. The van der Waals surface area contributed by atoms with Crippen LogP contribution < -0.4 is 9.30 Å². The number of aromatic nitrogens is 4. The largest absolute Gasteiger partial charge is 0.510 e. The zero-order chi connectivity index (χ0) is 73.5. The molecule has 0 radical (unpaired) electrons. The summed E-state index contributed by atoms with van der Waals surface area (Å²) in [6.45, 7) is -11.1. The predicted octanol–water partition coefficient (Wildman–Crippen LogP) is 16.2. The van der Waals surface area contributed by atoms with Crippen molar-refractivity contribution in [3.05, 3.63) is 223 Å². The van der Waals surface area contributed by atoms with E-state index < -0.39 is 163 Å². The maximum atomic E-state index is 10.0. The van der Waals surface area contributed by atoms with Crippen LogP contribution >= 0.6 is 0 Å². The molecule has 358 valence electrons. The minimum absolute atomic E-state index is 0. The standard InChI is InChI=1S/C66H56N4O.Pt/c1-64(2,3)48-34-37-67-62(40-48)70-58-27-15-14-24-54(58)55-31-30-51(42-60(55)70)71-50-23-16-22-49(41-50)68-43-69(63-52(44-18-10-8-11-19-44)25-17-26-53(63)45-20-12-9-13-21-45)59-33-29-47(39-61(59)68)46-28-32-56-57(38-46)66(6,7)36-35-65(56,4)5;/h8-34,37-40H,35-36H2,1-7H3;/q-2;/i4D3,5D3,6D3,7D3,8D,9D,10D,11D,12D,13D,18D,19D,20D,21D,28D,32D,35D2,36D2,38D;. The molecule has 5 nitrogen and oxygen atoms in total. The normalized spacial score (nSPS) is 22.0. The number of nitrogens with zero attached hydrogens (tertiary/aromatic N) is 4. The van der Waals surface area contributed by atoms with Crippen LogP contribution in [0.3, 0.4) is 0 Å². The molecule has 12 rings (SSSR count). The number of ether oxygens (including phenoxy) is 1. The molecule has 6 heteroatoms. The van der Waals surface area contributed by atoms with Crippen LogP contribution in [0.15, 0.2) is 188 Å². The summed E-state index contributed by atoms with van der Waals surface area (Å²) in [4.78, 5) is 4.76. The average molecular weight is 1150 g/mol. The molecule has 0 saturated heterocycles. The third-order valence-corrected chi connectivity index (χ3v) is 12.4. The second-order valence-corrected chi connectivity index (χ2v) is 18.0. The van der Waals surface area contributed by atoms with Gasteiger partial charge in [0.15, 0.2) is 0 Å². The SMILES string of the molecule is [2H]c1c([2H])c([2H])c(-c2cccc(-c3c([2H])c([2H])c([2H])c([2H])c3[2H])c2-[n+]2[c-]n(-c3[c-]c(Oc4[c-]c5c(cc4)c4ccccc4n5-c4cc(C(C)(C)C)ccn4)ccc3)c3cc(-c4c([2H])c([2H])c5c(c4[2H])C(C([2H])([2H])[2H])(C([2H])([2H])[2H])C([2H])([2H])C([2H])([2H])C5(C([2H])([2H])[2H])C([2H])([2H])[2H])ccc32)c([2H])c1[2H].[Pt]. The van der Waals surface area contributed by atoms with Gasteiger partial charge in [-0.25, -0.2) is 4.98 Å². The molecular weight excluding hydrogens is 1060 g/mol. The van der Waals surface area contributed by atoms with Crippen LogP contribution in [0.25, 0.3) is 83.4 Å². The molecule has 0 amide bonds. The summed E-state index contributed by atoms with van der Waals surface area (Å²) in [6.07, 6.45) is -4.32. The molecular formula is C66H56N4OPt-2. The summed E-state index contributed by atoms with van der Waals surface area (Å²) >= 11 is 0. The summed E-state index contributed by atoms with van der Waals surface area (Å²) in [5.74, 6) is 0.759. The van der Waals surface area contributed by atoms with Gasteiger partial charge in [0.05, 0.1) is 34.5 Å². The monoisotopic (exact) mass is 1140 g/mol. The van der Waals surface area contributed by atoms with E-state index in [0.717, 1.165) is 27.9 Å². The minimum atomic E-state index is -4.62. The molecule has 0 atom stereocenters. The van der Waals surface area contributed by atoms with Gasteiger partial charge in [0.1, 0.15) is 5.82 Å². The van der Waals surface area contributed by atoms with Crippen LogP contribution in [-0.2, 0) is 37.3 Å². The number of benzene rings is 8. The Morgan fingerprint density at radius 3 is 2.07 bits per heavy atom. The van der Waals surface area contributed by atoms with E-state index in [4.69, 9.17) is 34.4 Å². The van der Waals surface area contributed by atoms with Gasteiger partial charge in [0, 0.05) is 66.2 Å². The fourth-order valence-corrected chi connectivity index (χ4v) is 8.92. The van der Waals surface area contributed by atoms with Gasteiger partial charge in [-0.1, -0.05) is 181 Å². The van der Waals surface area contributed by atoms with E-state index >= 15 is 0 Å². The molecule has 0 saturated carbocycles. The van der Waals surface area contributed by atoms with E-state index in [1.807, 2.05) is 47.0 Å². The molecule has 0 bridgehead atoms. The van der Waals surface area contributed by atoms with Crippen molar-refractivity contribution < 1.29 is 70.1 Å². The van der Waals surface area contributed by atoms with Crippen LogP contribution in [-0.4, -0.2) is 14.1 Å². The molecule has 8 aromatic carbocycles. The fourth-order valence-electron chi connectivity index (χ4n) is 8.92. The molecule has 1 aliphatic carbocycles.